The van der Waals surface area contributed by atoms with Crippen LogP contribution in [0.2, 0.25) is 0 Å². The third kappa shape index (κ3) is 2.68. The molecule has 0 aromatic heterocycles. The van der Waals surface area contributed by atoms with E-state index in [1.165, 1.54) is 6.07 Å². The highest BCUT2D eigenvalue weighted by Gasteiger charge is 2.21. The monoisotopic (exact) mass is 363 g/mol. The summed E-state index contributed by atoms with van der Waals surface area (Å²) < 4.78 is 14.1. The van der Waals surface area contributed by atoms with Crippen molar-refractivity contribution in [1.29, 1.82) is 0 Å². The van der Waals surface area contributed by atoms with Gasteiger partial charge in [-0.05, 0) is 28.7 Å². The molecule has 98 valence electrons. The second-order valence-corrected chi connectivity index (χ2v) is 5.48. The molecule has 2 N–H and O–H groups in total. The fraction of sp³-hybridized carbons (Fsp3) is 0.417. The molecule has 0 bridgehead atoms. The van der Waals surface area contributed by atoms with Crippen LogP contribution >= 0.6 is 22.6 Å². The number of hydrogen-bond donors (Lipinski definition) is 1. The number of amides is 1. The standard InChI is InChI=1S/C12H15FIN3O/c1-8(18)16-2-4-17(5-3-16)12-6-9(13)10(14)7-11(12)15/h6-7H,2-5,15H2,1H3. The van der Waals surface area contributed by atoms with E-state index in [1.54, 1.807) is 17.9 Å². The summed E-state index contributed by atoms with van der Waals surface area (Å²) in [6, 6.07) is 3.11. The molecule has 0 radical (unpaired) electrons. The molecular weight excluding hydrogens is 348 g/mol. The maximum absolute atomic E-state index is 13.6. The second-order valence-electron chi connectivity index (χ2n) is 4.32. The SMILES string of the molecule is CC(=O)N1CCN(c2cc(F)c(I)cc2N)CC1. The highest BCUT2D eigenvalue weighted by atomic mass is 127. The van der Waals surface area contributed by atoms with Crippen LogP contribution in [0.4, 0.5) is 15.8 Å². The average molecular weight is 363 g/mol. The van der Waals surface area contributed by atoms with Crippen molar-refractivity contribution in [1.82, 2.24) is 4.90 Å². The fourth-order valence-corrected chi connectivity index (χ4v) is 2.58. The van der Waals surface area contributed by atoms with Crippen LogP contribution < -0.4 is 10.6 Å². The number of carbonyl (C=O) groups is 1. The Hall–Kier alpha value is -1.05. The molecule has 6 heteroatoms. The number of nitrogens with zero attached hydrogens (tertiary/aromatic N) is 2. The number of rotatable bonds is 1. The first-order valence-electron chi connectivity index (χ1n) is 5.74. The van der Waals surface area contributed by atoms with Gasteiger partial charge in [-0.3, -0.25) is 4.79 Å². The Morgan fingerprint density at radius 3 is 2.50 bits per heavy atom. The fourth-order valence-electron chi connectivity index (χ4n) is 2.09. The summed E-state index contributed by atoms with van der Waals surface area (Å²) in [6.45, 7) is 4.24. The number of anilines is 2. The summed E-state index contributed by atoms with van der Waals surface area (Å²) in [5.41, 5.74) is 7.22. The van der Waals surface area contributed by atoms with Crippen LogP contribution in [-0.4, -0.2) is 37.0 Å². The zero-order valence-electron chi connectivity index (χ0n) is 10.1. The van der Waals surface area contributed by atoms with Gasteiger partial charge in [0.05, 0.1) is 14.9 Å². The lowest BCUT2D eigenvalue weighted by atomic mass is 10.2. The van der Waals surface area contributed by atoms with Gasteiger partial charge < -0.3 is 15.5 Å². The molecule has 0 atom stereocenters. The molecule has 1 heterocycles. The van der Waals surface area contributed by atoms with Crippen molar-refractivity contribution in [3.63, 3.8) is 0 Å². The van der Waals surface area contributed by atoms with Gasteiger partial charge in [0, 0.05) is 39.2 Å². The number of nitrogens with two attached hydrogens (primary N) is 1. The van der Waals surface area contributed by atoms with Gasteiger partial charge in [0.25, 0.3) is 0 Å². The zero-order chi connectivity index (χ0) is 13.3. The number of halogens is 2. The van der Waals surface area contributed by atoms with E-state index in [2.05, 4.69) is 0 Å². The normalized spacial score (nSPS) is 15.9. The molecule has 1 amide bonds. The molecule has 0 spiro atoms. The van der Waals surface area contributed by atoms with E-state index in [9.17, 15) is 9.18 Å². The molecule has 2 rings (SSSR count). The molecule has 1 aliphatic rings. The Morgan fingerprint density at radius 2 is 1.94 bits per heavy atom. The first-order chi connectivity index (χ1) is 8.49. The lowest BCUT2D eigenvalue weighted by Crippen LogP contribution is -2.48. The molecule has 1 aliphatic heterocycles. The largest absolute Gasteiger partial charge is 0.397 e. The lowest BCUT2D eigenvalue weighted by molar-refractivity contribution is -0.129. The quantitative estimate of drug-likeness (QED) is 0.610. The van der Waals surface area contributed by atoms with E-state index in [1.807, 2.05) is 27.5 Å². The molecule has 4 nitrogen and oxygen atoms in total. The third-order valence-corrected chi connectivity index (χ3v) is 3.96. The van der Waals surface area contributed by atoms with Gasteiger partial charge >= 0.3 is 0 Å². The maximum Gasteiger partial charge on any atom is 0.219 e. The summed E-state index contributed by atoms with van der Waals surface area (Å²) in [6.07, 6.45) is 0. The number of carbonyl (C=O) groups excluding carboxylic acids is 1. The van der Waals surface area contributed by atoms with Crippen LogP contribution in [0.25, 0.3) is 0 Å². The van der Waals surface area contributed by atoms with E-state index in [0.29, 0.717) is 35.4 Å². The van der Waals surface area contributed by atoms with Crippen molar-refractivity contribution in [3.8, 4) is 0 Å². The van der Waals surface area contributed by atoms with Crippen molar-refractivity contribution in [2.75, 3.05) is 36.8 Å². The molecular formula is C12H15FIN3O. The van der Waals surface area contributed by atoms with Crippen LogP contribution in [0.15, 0.2) is 12.1 Å². The molecule has 18 heavy (non-hydrogen) atoms. The van der Waals surface area contributed by atoms with Crippen LogP contribution in [0.5, 0.6) is 0 Å². The number of nitrogen functional groups attached to an aromatic ring is 1. The van der Waals surface area contributed by atoms with Crippen molar-refractivity contribution in [2.24, 2.45) is 0 Å². The van der Waals surface area contributed by atoms with Crippen molar-refractivity contribution in [3.05, 3.63) is 21.5 Å². The van der Waals surface area contributed by atoms with Crippen LogP contribution in [0, 0.1) is 9.39 Å². The van der Waals surface area contributed by atoms with E-state index >= 15 is 0 Å². The van der Waals surface area contributed by atoms with Gasteiger partial charge in [-0.25, -0.2) is 4.39 Å². The summed E-state index contributed by atoms with van der Waals surface area (Å²) in [5.74, 6) is -0.176. The van der Waals surface area contributed by atoms with Gasteiger partial charge in [0.2, 0.25) is 5.91 Å². The summed E-state index contributed by atoms with van der Waals surface area (Å²) in [7, 11) is 0. The van der Waals surface area contributed by atoms with E-state index in [-0.39, 0.29) is 11.7 Å². The van der Waals surface area contributed by atoms with E-state index < -0.39 is 0 Å². The minimum absolute atomic E-state index is 0.0800. The molecule has 1 fully saturated rings. The molecule has 0 unspecified atom stereocenters. The van der Waals surface area contributed by atoms with Gasteiger partial charge in [0.1, 0.15) is 5.82 Å². The summed E-state index contributed by atoms with van der Waals surface area (Å²) in [4.78, 5) is 15.0. The van der Waals surface area contributed by atoms with Gasteiger partial charge in [-0.1, -0.05) is 0 Å². The average Bonchev–Trinajstić information content (AvgIpc) is 2.34. The molecule has 1 aromatic rings. The number of hydrogen-bond acceptors (Lipinski definition) is 3. The minimum Gasteiger partial charge on any atom is -0.397 e. The van der Waals surface area contributed by atoms with E-state index in [4.69, 9.17) is 5.73 Å². The Bertz CT molecular complexity index is 473. The highest BCUT2D eigenvalue weighted by Crippen LogP contribution is 2.28. The van der Waals surface area contributed by atoms with Gasteiger partial charge in [-0.15, -0.1) is 0 Å². The Labute approximate surface area is 119 Å². The van der Waals surface area contributed by atoms with Crippen LogP contribution in [0.3, 0.4) is 0 Å². The first kappa shape index (κ1) is 13.4. The molecule has 1 aromatic carbocycles. The predicted molar refractivity (Wildman–Crippen MR) is 78.0 cm³/mol. The highest BCUT2D eigenvalue weighted by molar-refractivity contribution is 14.1. The Balaban J connectivity index is 2.15. The Kier molecular flexibility index (Phi) is 3.94. The number of benzene rings is 1. The van der Waals surface area contributed by atoms with Crippen LogP contribution in [-0.2, 0) is 4.79 Å². The topological polar surface area (TPSA) is 49.6 Å². The van der Waals surface area contributed by atoms with Crippen LogP contribution in [0.1, 0.15) is 6.92 Å². The number of piperazine rings is 1. The van der Waals surface area contributed by atoms with Crippen molar-refractivity contribution < 1.29 is 9.18 Å². The first-order valence-corrected chi connectivity index (χ1v) is 6.82. The molecule has 1 saturated heterocycles. The lowest BCUT2D eigenvalue weighted by Gasteiger charge is -2.36. The second kappa shape index (κ2) is 5.29. The van der Waals surface area contributed by atoms with Gasteiger partial charge in [0.15, 0.2) is 0 Å². The molecule has 0 saturated carbocycles. The summed E-state index contributed by atoms with van der Waals surface area (Å²) >= 11 is 1.92. The van der Waals surface area contributed by atoms with Crippen molar-refractivity contribution >= 4 is 39.9 Å². The maximum atomic E-state index is 13.6. The van der Waals surface area contributed by atoms with E-state index in [0.717, 1.165) is 5.69 Å². The predicted octanol–water partition coefficient (Wildman–Crippen LogP) is 1.68. The smallest absolute Gasteiger partial charge is 0.219 e. The zero-order valence-corrected chi connectivity index (χ0v) is 12.3. The summed E-state index contributed by atoms with van der Waals surface area (Å²) in [5, 5.41) is 0. The Morgan fingerprint density at radius 1 is 1.33 bits per heavy atom. The minimum atomic E-state index is -0.256. The van der Waals surface area contributed by atoms with Gasteiger partial charge in [-0.2, -0.15) is 0 Å². The molecule has 0 aliphatic carbocycles. The third-order valence-electron chi connectivity index (χ3n) is 3.14. The van der Waals surface area contributed by atoms with Crippen molar-refractivity contribution in [2.45, 2.75) is 6.92 Å².